The highest BCUT2D eigenvalue weighted by molar-refractivity contribution is 5.95. The molecule has 1 aromatic rings. The molecule has 32 heavy (non-hydrogen) atoms. The normalized spacial score (nSPS) is 38.4. The van der Waals surface area contributed by atoms with Crippen LogP contribution in [0, 0.1) is 17.8 Å². The fourth-order valence-corrected chi connectivity index (χ4v) is 7.68. The van der Waals surface area contributed by atoms with Gasteiger partial charge in [-0.2, -0.15) is 0 Å². The third-order valence-electron chi connectivity index (χ3n) is 8.98. The summed E-state index contributed by atoms with van der Waals surface area (Å²) in [6.45, 7) is 0.782. The SMILES string of the molecule is CN(c1ncc(C(=O)NC2C3CC4CC2CC(O)(C4)C3)c(C2CCCC2)n1)[C@@H]1CCCO1. The highest BCUT2D eigenvalue weighted by Gasteiger charge is 2.55. The van der Waals surface area contributed by atoms with Crippen molar-refractivity contribution in [3.63, 3.8) is 0 Å². The molecule has 6 fully saturated rings. The second-order valence-electron chi connectivity index (χ2n) is 11.2. The van der Waals surface area contributed by atoms with Crippen LogP contribution < -0.4 is 10.2 Å². The Morgan fingerprint density at radius 1 is 1.16 bits per heavy atom. The van der Waals surface area contributed by atoms with Crippen LogP contribution in [0.3, 0.4) is 0 Å². The maximum Gasteiger partial charge on any atom is 0.254 e. The number of carbonyl (C=O) groups is 1. The van der Waals surface area contributed by atoms with Crippen molar-refractivity contribution in [2.45, 2.75) is 94.4 Å². The van der Waals surface area contributed by atoms with Gasteiger partial charge in [-0.1, -0.05) is 12.8 Å². The Bertz CT molecular complexity index is 864. The standard InChI is InChI=1S/C25H36N4O3/c1-29(20-7-4-8-32-20)24-26-14-19(22(28-24)16-5-2-3-6-16)23(30)27-21-17-9-15-10-18(21)13-25(31,11-15)12-17/h14-18,20-21,31H,2-13H2,1H3,(H,27,30)/t15?,17?,18?,20-,21?,25?/m0/s1. The Labute approximate surface area is 190 Å². The minimum atomic E-state index is -0.482. The van der Waals surface area contributed by atoms with E-state index in [9.17, 15) is 9.90 Å². The van der Waals surface area contributed by atoms with Gasteiger partial charge in [-0.05, 0) is 75.5 Å². The molecular weight excluding hydrogens is 404 g/mol. The van der Waals surface area contributed by atoms with Gasteiger partial charge in [0, 0.05) is 31.8 Å². The first kappa shape index (κ1) is 20.8. The van der Waals surface area contributed by atoms with Crippen LogP contribution in [0.2, 0.25) is 0 Å². The Morgan fingerprint density at radius 3 is 2.56 bits per heavy atom. The van der Waals surface area contributed by atoms with E-state index in [1.807, 2.05) is 11.9 Å². The van der Waals surface area contributed by atoms with Gasteiger partial charge in [0.15, 0.2) is 0 Å². The van der Waals surface area contributed by atoms with Crippen LogP contribution in [-0.2, 0) is 4.74 Å². The molecule has 3 atom stereocenters. The molecule has 5 aliphatic carbocycles. The average molecular weight is 441 g/mol. The third kappa shape index (κ3) is 3.61. The van der Waals surface area contributed by atoms with Crippen molar-refractivity contribution in [2.24, 2.45) is 17.8 Å². The first-order valence-corrected chi connectivity index (χ1v) is 12.7. The number of aliphatic hydroxyl groups is 1. The van der Waals surface area contributed by atoms with Crippen molar-refractivity contribution in [1.29, 1.82) is 0 Å². The number of hydrogen-bond donors (Lipinski definition) is 2. The fraction of sp³-hybridized carbons (Fsp3) is 0.800. The molecule has 0 spiro atoms. The van der Waals surface area contributed by atoms with Crippen molar-refractivity contribution in [3.05, 3.63) is 17.5 Å². The molecule has 1 aromatic heterocycles. The first-order valence-electron chi connectivity index (χ1n) is 12.7. The van der Waals surface area contributed by atoms with Crippen molar-refractivity contribution in [2.75, 3.05) is 18.6 Å². The lowest BCUT2D eigenvalue weighted by atomic mass is 9.52. The van der Waals surface area contributed by atoms with E-state index < -0.39 is 5.60 Å². The van der Waals surface area contributed by atoms with Crippen molar-refractivity contribution < 1.29 is 14.6 Å². The summed E-state index contributed by atoms with van der Waals surface area (Å²) in [5, 5.41) is 14.3. The van der Waals surface area contributed by atoms with Crippen LogP contribution in [0.1, 0.15) is 92.6 Å². The van der Waals surface area contributed by atoms with E-state index in [-0.39, 0.29) is 18.2 Å². The highest BCUT2D eigenvalue weighted by Crippen LogP contribution is 2.55. The number of hydrogen-bond acceptors (Lipinski definition) is 6. The number of nitrogens with zero attached hydrogens (tertiary/aromatic N) is 3. The second-order valence-corrected chi connectivity index (χ2v) is 11.2. The van der Waals surface area contributed by atoms with Gasteiger partial charge in [-0.25, -0.2) is 9.97 Å². The molecule has 6 aliphatic rings. The number of carbonyl (C=O) groups excluding carboxylic acids is 1. The zero-order valence-electron chi connectivity index (χ0n) is 19.1. The molecule has 1 aliphatic heterocycles. The lowest BCUT2D eigenvalue weighted by Gasteiger charge is -2.58. The van der Waals surface area contributed by atoms with E-state index in [1.165, 1.54) is 12.8 Å². The summed E-state index contributed by atoms with van der Waals surface area (Å²) in [4.78, 5) is 25.1. The zero-order chi connectivity index (χ0) is 21.9. The molecule has 1 saturated heterocycles. The van der Waals surface area contributed by atoms with Gasteiger partial charge >= 0.3 is 0 Å². The van der Waals surface area contributed by atoms with Crippen LogP contribution in [0.15, 0.2) is 6.20 Å². The number of aromatic nitrogens is 2. The third-order valence-corrected chi connectivity index (χ3v) is 8.98. The number of anilines is 1. The number of nitrogens with one attached hydrogen (secondary N) is 1. The van der Waals surface area contributed by atoms with E-state index in [1.54, 1.807) is 6.20 Å². The largest absolute Gasteiger partial charge is 0.390 e. The molecule has 2 heterocycles. The van der Waals surface area contributed by atoms with Crippen LogP contribution >= 0.6 is 0 Å². The maximum atomic E-state index is 13.5. The van der Waals surface area contributed by atoms with Gasteiger partial charge in [0.2, 0.25) is 5.95 Å². The average Bonchev–Trinajstić information content (AvgIpc) is 3.48. The van der Waals surface area contributed by atoms with Gasteiger partial charge < -0.3 is 20.1 Å². The summed E-state index contributed by atoms with van der Waals surface area (Å²) in [5.41, 5.74) is 1.08. The Hall–Kier alpha value is -1.73. The molecular formula is C25H36N4O3. The number of ether oxygens (including phenoxy) is 1. The van der Waals surface area contributed by atoms with Crippen LogP contribution in [0.4, 0.5) is 5.95 Å². The van der Waals surface area contributed by atoms with Gasteiger partial charge in [-0.15, -0.1) is 0 Å². The molecule has 5 saturated carbocycles. The molecule has 7 heteroatoms. The minimum Gasteiger partial charge on any atom is -0.390 e. The van der Waals surface area contributed by atoms with Gasteiger partial charge in [0.1, 0.15) is 6.23 Å². The van der Waals surface area contributed by atoms with Gasteiger partial charge in [0.25, 0.3) is 5.91 Å². The smallest absolute Gasteiger partial charge is 0.254 e. The Kier molecular flexibility index (Phi) is 5.17. The fourth-order valence-electron chi connectivity index (χ4n) is 7.68. The number of rotatable bonds is 5. The highest BCUT2D eigenvalue weighted by atomic mass is 16.5. The lowest BCUT2D eigenvalue weighted by Crippen LogP contribution is -2.61. The molecule has 0 radical (unpaired) electrons. The van der Waals surface area contributed by atoms with Crippen molar-refractivity contribution >= 4 is 11.9 Å². The monoisotopic (exact) mass is 440 g/mol. The van der Waals surface area contributed by atoms with Crippen molar-refractivity contribution in [1.82, 2.24) is 15.3 Å². The first-order chi connectivity index (χ1) is 15.5. The minimum absolute atomic E-state index is 0.0185. The van der Waals surface area contributed by atoms with E-state index in [4.69, 9.17) is 9.72 Å². The second kappa shape index (κ2) is 7.94. The summed E-state index contributed by atoms with van der Waals surface area (Å²) in [6, 6.07) is 0.171. The molecule has 4 bridgehead atoms. The molecule has 2 unspecified atom stereocenters. The molecule has 0 aromatic carbocycles. The molecule has 2 N–H and O–H groups in total. The number of amides is 1. The Morgan fingerprint density at radius 2 is 1.91 bits per heavy atom. The molecule has 7 rings (SSSR count). The predicted molar refractivity (Wildman–Crippen MR) is 120 cm³/mol. The Balaban J connectivity index is 1.25. The summed E-state index contributed by atoms with van der Waals surface area (Å²) < 4.78 is 5.82. The van der Waals surface area contributed by atoms with E-state index in [2.05, 4.69) is 10.3 Å². The summed E-state index contributed by atoms with van der Waals surface area (Å²) in [6.07, 6.45) is 13.3. The zero-order valence-corrected chi connectivity index (χ0v) is 19.1. The van der Waals surface area contributed by atoms with Gasteiger partial charge in [-0.3, -0.25) is 4.79 Å². The van der Waals surface area contributed by atoms with Crippen LogP contribution in [-0.4, -0.2) is 52.5 Å². The van der Waals surface area contributed by atoms with Crippen molar-refractivity contribution in [3.8, 4) is 0 Å². The quantitative estimate of drug-likeness (QED) is 0.730. The van der Waals surface area contributed by atoms with E-state index in [0.717, 1.165) is 70.1 Å². The topological polar surface area (TPSA) is 87.6 Å². The van der Waals surface area contributed by atoms with E-state index >= 15 is 0 Å². The summed E-state index contributed by atoms with van der Waals surface area (Å²) >= 11 is 0. The lowest BCUT2D eigenvalue weighted by molar-refractivity contribution is -0.136. The molecule has 174 valence electrons. The van der Waals surface area contributed by atoms with E-state index in [0.29, 0.717) is 35.2 Å². The maximum absolute atomic E-state index is 13.5. The van der Waals surface area contributed by atoms with Crippen LogP contribution in [0.5, 0.6) is 0 Å². The predicted octanol–water partition coefficient (Wildman–Crippen LogP) is 3.38. The summed E-state index contributed by atoms with van der Waals surface area (Å²) in [5.74, 6) is 2.40. The molecule has 7 nitrogen and oxygen atoms in total. The van der Waals surface area contributed by atoms with Crippen LogP contribution in [0.25, 0.3) is 0 Å². The summed E-state index contributed by atoms with van der Waals surface area (Å²) in [7, 11) is 1.99. The van der Waals surface area contributed by atoms with Gasteiger partial charge in [0.05, 0.1) is 16.9 Å². The molecule has 1 amide bonds.